The van der Waals surface area contributed by atoms with Gasteiger partial charge in [0.2, 0.25) is 0 Å². The number of aromatic nitrogens is 1. The van der Waals surface area contributed by atoms with Gasteiger partial charge in [-0.25, -0.2) is 8.78 Å². The first kappa shape index (κ1) is 12.0. The summed E-state index contributed by atoms with van der Waals surface area (Å²) < 4.78 is 63.6. The SMILES string of the molecule is Fc1cnc(-c2cscc2C(F)(F)F)c(F)c1. The number of nitrogens with zero attached hydrogens (tertiary/aromatic N) is 1. The molecular formula is C10H4F5NS. The zero-order valence-electron chi connectivity index (χ0n) is 8.05. The van der Waals surface area contributed by atoms with E-state index < -0.39 is 29.1 Å². The largest absolute Gasteiger partial charge is 0.417 e. The number of rotatable bonds is 1. The van der Waals surface area contributed by atoms with Crippen molar-refractivity contribution < 1.29 is 22.0 Å². The van der Waals surface area contributed by atoms with Crippen molar-refractivity contribution in [1.82, 2.24) is 4.98 Å². The highest BCUT2D eigenvalue weighted by Crippen LogP contribution is 2.39. The Morgan fingerprint density at radius 3 is 2.41 bits per heavy atom. The van der Waals surface area contributed by atoms with E-state index in [4.69, 9.17) is 0 Å². The summed E-state index contributed by atoms with van der Waals surface area (Å²) in [6.07, 6.45) is -3.91. The molecule has 0 atom stereocenters. The molecular weight excluding hydrogens is 261 g/mol. The van der Waals surface area contributed by atoms with Gasteiger partial charge in [0.25, 0.3) is 0 Å². The first-order valence-electron chi connectivity index (χ1n) is 4.34. The fraction of sp³-hybridized carbons (Fsp3) is 0.100. The van der Waals surface area contributed by atoms with Gasteiger partial charge in [-0.05, 0) is 0 Å². The molecule has 17 heavy (non-hydrogen) atoms. The van der Waals surface area contributed by atoms with Gasteiger partial charge in [-0.2, -0.15) is 24.5 Å². The standard InChI is InChI=1S/C10H4F5NS/c11-5-1-8(12)9(16-2-5)6-3-17-4-7(6)10(13,14)15/h1-4H. The molecule has 0 aliphatic heterocycles. The molecule has 0 aliphatic rings. The monoisotopic (exact) mass is 265 g/mol. The Labute approximate surface area is 96.5 Å². The molecule has 2 heterocycles. The molecule has 0 N–H and O–H groups in total. The van der Waals surface area contributed by atoms with Crippen LogP contribution in [0.15, 0.2) is 23.0 Å². The topological polar surface area (TPSA) is 12.9 Å². The van der Waals surface area contributed by atoms with Gasteiger partial charge in [-0.3, -0.25) is 4.98 Å². The molecule has 2 aromatic heterocycles. The van der Waals surface area contributed by atoms with Crippen LogP contribution >= 0.6 is 11.3 Å². The number of hydrogen-bond acceptors (Lipinski definition) is 2. The lowest BCUT2D eigenvalue weighted by Crippen LogP contribution is -2.05. The van der Waals surface area contributed by atoms with Gasteiger partial charge in [0.15, 0.2) is 5.82 Å². The van der Waals surface area contributed by atoms with Gasteiger partial charge >= 0.3 is 6.18 Å². The molecule has 0 spiro atoms. The molecule has 0 fully saturated rings. The average Bonchev–Trinajstić information content (AvgIpc) is 2.65. The van der Waals surface area contributed by atoms with Gasteiger partial charge in [0.05, 0.1) is 11.8 Å². The van der Waals surface area contributed by atoms with Crippen molar-refractivity contribution in [3.8, 4) is 11.3 Å². The highest BCUT2D eigenvalue weighted by Gasteiger charge is 2.35. The van der Waals surface area contributed by atoms with E-state index in [0.29, 0.717) is 12.3 Å². The number of hydrogen-bond donors (Lipinski definition) is 0. The molecule has 0 saturated carbocycles. The third-order valence-electron chi connectivity index (χ3n) is 2.03. The lowest BCUT2D eigenvalue weighted by Gasteiger charge is -2.08. The van der Waals surface area contributed by atoms with Gasteiger partial charge in [-0.15, -0.1) is 0 Å². The van der Waals surface area contributed by atoms with Crippen molar-refractivity contribution in [1.29, 1.82) is 0 Å². The maximum atomic E-state index is 13.3. The van der Waals surface area contributed by atoms with Crippen molar-refractivity contribution in [2.45, 2.75) is 6.18 Å². The first-order valence-corrected chi connectivity index (χ1v) is 5.28. The number of pyridine rings is 1. The Morgan fingerprint density at radius 1 is 1.12 bits per heavy atom. The van der Waals surface area contributed by atoms with Crippen molar-refractivity contribution in [3.05, 3.63) is 40.2 Å². The Kier molecular flexibility index (Phi) is 2.86. The van der Waals surface area contributed by atoms with Crippen LogP contribution in [0.1, 0.15) is 5.56 Å². The summed E-state index contributed by atoms with van der Waals surface area (Å²) in [5.41, 5.74) is -1.85. The van der Waals surface area contributed by atoms with E-state index in [9.17, 15) is 22.0 Å². The first-order chi connectivity index (χ1) is 7.89. The number of alkyl halides is 3. The summed E-state index contributed by atoms with van der Waals surface area (Å²) in [5.74, 6) is -2.05. The minimum absolute atomic E-state index is 0.375. The smallest absolute Gasteiger partial charge is 0.250 e. The molecule has 0 aliphatic carbocycles. The average molecular weight is 265 g/mol. The van der Waals surface area contributed by atoms with E-state index in [1.807, 2.05) is 0 Å². The molecule has 2 aromatic rings. The van der Waals surface area contributed by atoms with Crippen molar-refractivity contribution in [2.24, 2.45) is 0 Å². The van der Waals surface area contributed by atoms with E-state index in [1.54, 1.807) is 0 Å². The summed E-state index contributed by atoms with van der Waals surface area (Å²) in [6, 6.07) is 0.500. The number of thiophene rings is 1. The summed E-state index contributed by atoms with van der Waals surface area (Å²) in [7, 11) is 0. The molecule has 2 rings (SSSR count). The zero-order valence-corrected chi connectivity index (χ0v) is 8.87. The van der Waals surface area contributed by atoms with Crippen LogP contribution in [0.5, 0.6) is 0 Å². The highest BCUT2D eigenvalue weighted by atomic mass is 32.1. The third kappa shape index (κ3) is 2.28. The summed E-state index contributed by atoms with van der Waals surface area (Å²) in [4.78, 5) is 3.35. The van der Waals surface area contributed by atoms with Crippen LogP contribution in [0.25, 0.3) is 11.3 Å². The van der Waals surface area contributed by atoms with E-state index >= 15 is 0 Å². The Bertz CT molecular complexity index is 546. The van der Waals surface area contributed by atoms with Crippen molar-refractivity contribution in [2.75, 3.05) is 0 Å². The second kappa shape index (κ2) is 4.06. The van der Waals surface area contributed by atoms with Gasteiger partial charge in [0.1, 0.15) is 11.5 Å². The van der Waals surface area contributed by atoms with Gasteiger partial charge in [-0.1, -0.05) is 0 Å². The molecule has 0 bridgehead atoms. The molecule has 0 saturated heterocycles. The fourth-order valence-corrected chi connectivity index (χ4v) is 2.15. The zero-order chi connectivity index (χ0) is 12.6. The van der Waals surface area contributed by atoms with Crippen LogP contribution in [-0.2, 0) is 6.18 Å². The number of halogens is 5. The molecule has 90 valence electrons. The predicted octanol–water partition coefficient (Wildman–Crippen LogP) is 4.11. The van der Waals surface area contributed by atoms with Crippen molar-refractivity contribution >= 4 is 11.3 Å². The quantitative estimate of drug-likeness (QED) is 0.707. The summed E-state index contributed by atoms with van der Waals surface area (Å²) >= 11 is 0.780. The highest BCUT2D eigenvalue weighted by molar-refractivity contribution is 7.08. The molecule has 0 radical (unpaired) electrons. The van der Waals surface area contributed by atoms with Crippen LogP contribution < -0.4 is 0 Å². The normalized spacial score (nSPS) is 11.8. The second-order valence-electron chi connectivity index (χ2n) is 3.18. The molecule has 0 unspecified atom stereocenters. The molecule has 0 amide bonds. The van der Waals surface area contributed by atoms with Crippen LogP contribution in [0.3, 0.4) is 0 Å². The molecule has 1 nitrogen and oxygen atoms in total. The lowest BCUT2D eigenvalue weighted by molar-refractivity contribution is -0.136. The van der Waals surface area contributed by atoms with Crippen LogP contribution in [0.2, 0.25) is 0 Å². The van der Waals surface area contributed by atoms with E-state index in [0.717, 1.165) is 22.1 Å². The Balaban J connectivity index is 2.58. The van der Waals surface area contributed by atoms with E-state index in [2.05, 4.69) is 4.98 Å². The Morgan fingerprint density at radius 2 is 1.82 bits per heavy atom. The van der Waals surface area contributed by atoms with Gasteiger partial charge < -0.3 is 0 Å². The predicted molar refractivity (Wildman–Crippen MR) is 52.5 cm³/mol. The fourth-order valence-electron chi connectivity index (χ4n) is 1.31. The van der Waals surface area contributed by atoms with E-state index in [1.165, 1.54) is 0 Å². The van der Waals surface area contributed by atoms with Crippen LogP contribution in [0.4, 0.5) is 22.0 Å². The van der Waals surface area contributed by atoms with Crippen molar-refractivity contribution in [3.63, 3.8) is 0 Å². The minimum Gasteiger partial charge on any atom is -0.250 e. The lowest BCUT2D eigenvalue weighted by atomic mass is 10.1. The maximum absolute atomic E-state index is 13.3. The van der Waals surface area contributed by atoms with Crippen LogP contribution in [0, 0.1) is 11.6 Å². The second-order valence-corrected chi connectivity index (χ2v) is 3.92. The molecule has 0 aromatic carbocycles. The third-order valence-corrected chi connectivity index (χ3v) is 2.77. The maximum Gasteiger partial charge on any atom is 0.417 e. The molecule has 7 heteroatoms. The van der Waals surface area contributed by atoms with E-state index in [-0.39, 0.29) is 5.56 Å². The minimum atomic E-state index is -4.59. The summed E-state index contributed by atoms with van der Waals surface area (Å²) in [6.45, 7) is 0. The summed E-state index contributed by atoms with van der Waals surface area (Å²) in [5, 5.41) is 1.99. The Hall–Kier alpha value is -1.50. The van der Waals surface area contributed by atoms with Gasteiger partial charge in [0, 0.05) is 22.4 Å². The van der Waals surface area contributed by atoms with Crippen LogP contribution in [-0.4, -0.2) is 4.98 Å².